The van der Waals surface area contributed by atoms with E-state index in [4.69, 9.17) is 0 Å². The maximum absolute atomic E-state index is 2.39. The molecule has 0 spiro atoms. The van der Waals surface area contributed by atoms with Crippen molar-refractivity contribution in [1.82, 2.24) is 0 Å². The number of rotatable bonds is 5. The van der Waals surface area contributed by atoms with Crippen LogP contribution in [0.5, 0.6) is 0 Å². The zero-order chi connectivity index (χ0) is 28.6. The maximum Gasteiger partial charge on any atom is 0.0552 e. The molecular weight excluding hydrogens is 518 g/mol. The lowest BCUT2D eigenvalue weighted by atomic mass is 9.93. The molecule has 0 aliphatic carbocycles. The van der Waals surface area contributed by atoms with Crippen molar-refractivity contribution in [2.45, 2.75) is 0 Å². The number of fused-ring (bicyclic) bond motifs is 6. The molecule has 0 aromatic heterocycles. The third-order valence-corrected chi connectivity index (χ3v) is 8.36. The van der Waals surface area contributed by atoms with Crippen molar-refractivity contribution < 1.29 is 0 Å². The maximum atomic E-state index is 2.39. The minimum absolute atomic E-state index is 1.14. The van der Waals surface area contributed by atoms with Crippen LogP contribution in [0.1, 0.15) is 11.1 Å². The van der Waals surface area contributed by atoms with E-state index in [2.05, 4.69) is 181 Å². The highest BCUT2D eigenvalue weighted by Gasteiger charge is 2.18. The van der Waals surface area contributed by atoms with Gasteiger partial charge in [-0.3, -0.25) is 0 Å². The number of benzene rings is 8. The van der Waals surface area contributed by atoms with Crippen molar-refractivity contribution in [2.24, 2.45) is 0 Å². The minimum Gasteiger partial charge on any atom is -0.310 e. The summed E-state index contributed by atoms with van der Waals surface area (Å²) in [4.78, 5) is 2.39. The lowest BCUT2D eigenvalue weighted by Gasteiger charge is -2.28. The fourth-order valence-corrected chi connectivity index (χ4v) is 6.29. The van der Waals surface area contributed by atoms with Crippen LogP contribution in [0.25, 0.3) is 55.2 Å². The quantitative estimate of drug-likeness (QED) is 0.153. The summed E-state index contributed by atoms with van der Waals surface area (Å²) < 4.78 is 0. The first-order valence-electron chi connectivity index (χ1n) is 14.8. The minimum atomic E-state index is 1.14. The van der Waals surface area contributed by atoms with Crippen LogP contribution in [-0.2, 0) is 0 Å². The van der Waals surface area contributed by atoms with Crippen LogP contribution in [0.15, 0.2) is 164 Å². The number of para-hydroxylation sites is 2. The van der Waals surface area contributed by atoms with Gasteiger partial charge in [0.05, 0.1) is 5.69 Å². The second-order valence-corrected chi connectivity index (χ2v) is 11.0. The van der Waals surface area contributed by atoms with E-state index in [1.54, 1.807) is 0 Å². The molecule has 0 aliphatic rings. The Morgan fingerprint density at radius 3 is 1.63 bits per heavy atom. The largest absolute Gasteiger partial charge is 0.310 e. The molecule has 8 aromatic carbocycles. The van der Waals surface area contributed by atoms with E-state index < -0.39 is 0 Å². The zero-order valence-electron chi connectivity index (χ0n) is 23.7. The molecule has 8 rings (SSSR count). The van der Waals surface area contributed by atoms with E-state index >= 15 is 0 Å². The van der Waals surface area contributed by atoms with Gasteiger partial charge in [0.25, 0.3) is 0 Å². The summed E-state index contributed by atoms with van der Waals surface area (Å²) in [6.45, 7) is 0. The van der Waals surface area contributed by atoms with Crippen molar-refractivity contribution in [2.75, 3.05) is 4.90 Å². The molecule has 0 amide bonds. The summed E-state index contributed by atoms with van der Waals surface area (Å²) in [6, 6.07) is 59.0. The van der Waals surface area contributed by atoms with E-state index in [9.17, 15) is 0 Å². The van der Waals surface area contributed by atoms with Gasteiger partial charge in [0.1, 0.15) is 0 Å². The summed E-state index contributed by atoms with van der Waals surface area (Å²) in [5, 5.41) is 10.0. The van der Waals surface area contributed by atoms with Gasteiger partial charge in [-0.15, -0.1) is 0 Å². The van der Waals surface area contributed by atoms with Gasteiger partial charge < -0.3 is 4.90 Å². The Morgan fingerprint density at radius 2 is 0.907 bits per heavy atom. The first kappa shape index (κ1) is 25.1. The van der Waals surface area contributed by atoms with Crippen LogP contribution in [0.4, 0.5) is 17.1 Å². The van der Waals surface area contributed by atoms with Crippen molar-refractivity contribution >= 4 is 72.3 Å². The predicted octanol–water partition coefficient (Wildman–Crippen LogP) is 11.9. The molecule has 0 radical (unpaired) electrons. The molecule has 0 N–H and O–H groups in total. The fraction of sp³-hybridized carbons (Fsp3) is 0. The van der Waals surface area contributed by atoms with Crippen LogP contribution in [-0.4, -0.2) is 0 Å². The fourth-order valence-electron chi connectivity index (χ4n) is 6.29. The van der Waals surface area contributed by atoms with Gasteiger partial charge in [-0.1, -0.05) is 133 Å². The highest BCUT2D eigenvalue weighted by molar-refractivity contribution is 6.23. The van der Waals surface area contributed by atoms with Crippen LogP contribution < -0.4 is 4.90 Å². The van der Waals surface area contributed by atoms with E-state index in [0.717, 1.165) is 11.4 Å². The van der Waals surface area contributed by atoms with E-state index in [1.165, 1.54) is 59.9 Å². The first-order chi connectivity index (χ1) is 21.3. The molecule has 0 aliphatic heterocycles. The Balaban J connectivity index is 1.35. The molecule has 0 saturated heterocycles. The number of hydrogen-bond donors (Lipinski definition) is 0. The summed E-state index contributed by atoms with van der Waals surface area (Å²) in [7, 11) is 0. The van der Waals surface area contributed by atoms with Crippen molar-refractivity contribution in [3.8, 4) is 0 Å². The van der Waals surface area contributed by atoms with E-state index in [1.807, 2.05) is 0 Å². The highest BCUT2D eigenvalue weighted by Crippen LogP contribution is 2.44. The normalized spacial score (nSPS) is 11.6. The van der Waals surface area contributed by atoms with Gasteiger partial charge in [-0.25, -0.2) is 0 Å². The second kappa shape index (κ2) is 10.6. The lowest BCUT2D eigenvalue weighted by Crippen LogP contribution is -2.10. The third kappa shape index (κ3) is 4.62. The second-order valence-electron chi connectivity index (χ2n) is 11.0. The highest BCUT2D eigenvalue weighted by atomic mass is 15.1. The summed E-state index contributed by atoms with van der Waals surface area (Å²) in [5.41, 5.74) is 5.84. The molecule has 0 unspecified atom stereocenters. The van der Waals surface area contributed by atoms with Crippen molar-refractivity contribution in [3.63, 3.8) is 0 Å². The molecule has 8 aromatic rings. The molecular formula is C42H29N. The first-order valence-corrected chi connectivity index (χ1v) is 14.8. The molecule has 0 heterocycles. The van der Waals surface area contributed by atoms with Gasteiger partial charge in [-0.2, -0.15) is 0 Å². The van der Waals surface area contributed by atoms with Crippen LogP contribution in [0.2, 0.25) is 0 Å². The Morgan fingerprint density at radius 1 is 0.349 bits per heavy atom. The van der Waals surface area contributed by atoms with Gasteiger partial charge in [0.15, 0.2) is 0 Å². The SMILES string of the molecule is C(=C\c1ccc2cc(N(c3ccccc3)c3ccccc3)c3c4ccccc4ccc3c2c1)/c1ccc2ccccc2c1. The summed E-state index contributed by atoms with van der Waals surface area (Å²) >= 11 is 0. The Labute approximate surface area is 251 Å². The Hall–Kier alpha value is -5.66. The molecule has 0 bridgehead atoms. The number of anilines is 3. The van der Waals surface area contributed by atoms with Crippen LogP contribution in [0.3, 0.4) is 0 Å². The number of nitrogens with zero attached hydrogens (tertiary/aromatic N) is 1. The lowest BCUT2D eigenvalue weighted by molar-refractivity contribution is 1.30. The number of hydrogen-bond acceptors (Lipinski definition) is 1. The summed E-state index contributed by atoms with van der Waals surface area (Å²) in [6.07, 6.45) is 4.44. The average molecular weight is 548 g/mol. The zero-order valence-corrected chi connectivity index (χ0v) is 23.7. The third-order valence-electron chi connectivity index (χ3n) is 8.36. The van der Waals surface area contributed by atoms with E-state index in [0.29, 0.717) is 0 Å². The topological polar surface area (TPSA) is 3.24 Å². The van der Waals surface area contributed by atoms with Crippen LogP contribution in [0, 0.1) is 0 Å². The molecule has 202 valence electrons. The van der Waals surface area contributed by atoms with Gasteiger partial charge in [0.2, 0.25) is 0 Å². The average Bonchev–Trinajstić information content (AvgIpc) is 3.08. The van der Waals surface area contributed by atoms with Gasteiger partial charge >= 0.3 is 0 Å². The Kier molecular flexibility index (Phi) is 6.20. The molecule has 1 heteroatoms. The van der Waals surface area contributed by atoms with Crippen LogP contribution >= 0.6 is 0 Å². The predicted molar refractivity (Wildman–Crippen MR) is 187 cm³/mol. The smallest absolute Gasteiger partial charge is 0.0552 e. The molecule has 0 atom stereocenters. The van der Waals surface area contributed by atoms with E-state index in [-0.39, 0.29) is 0 Å². The summed E-state index contributed by atoms with van der Waals surface area (Å²) in [5.74, 6) is 0. The van der Waals surface area contributed by atoms with Gasteiger partial charge in [-0.05, 0) is 91.3 Å². The Bertz CT molecular complexity index is 2240. The standard InChI is InChI=1S/C42H29N/c1-3-14-36(15-4-1)43(37-16-5-2-6-17-37)41-29-35-24-22-31(20-19-30-21-23-32-11-7-8-13-34(32)27-30)28-40(35)39-26-25-33-12-9-10-18-38(33)42(39)41/h1-29H/b20-19+. The molecule has 43 heavy (non-hydrogen) atoms. The molecule has 0 saturated carbocycles. The molecule has 0 fully saturated rings. The van der Waals surface area contributed by atoms with Crippen molar-refractivity contribution in [3.05, 3.63) is 175 Å². The molecule has 1 nitrogen and oxygen atoms in total. The monoisotopic (exact) mass is 547 g/mol. The van der Waals surface area contributed by atoms with Crippen molar-refractivity contribution in [1.29, 1.82) is 0 Å². The van der Waals surface area contributed by atoms with Gasteiger partial charge in [0, 0.05) is 16.8 Å².